The second kappa shape index (κ2) is 7.12. The fraction of sp³-hybridized carbons (Fsp3) is 0.588. The van der Waals surface area contributed by atoms with Crippen LogP contribution in [0.4, 0.5) is 0 Å². The smallest absolute Gasteiger partial charge is 0.222 e. The molecule has 0 bridgehead atoms. The fourth-order valence-electron chi connectivity index (χ4n) is 2.77. The number of hydrogen-bond acceptors (Lipinski definition) is 1. The third-order valence-corrected chi connectivity index (χ3v) is 4.66. The van der Waals surface area contributed by atoms with Gasteiger partial charge in [0.2, 0.25) is 5.91 Å². The highest BCUT2D eigenvalue weighted by Gasteiger charge is 2.24. The molecule has 0 aromatic heterocycles. The molecule has 1 aliphatic rings. The standard InChI is InChI=1S/C17H24ClNO/c1-3-13(2)12-17(20)19-10-8-15(9-11-19)14-4-6-16(18)7-5-14/h4-7,13,15H,3,8-12H2,1-2H3/t13-/m1/s1. The molecule has 1 aliphatic heterocycles. The molecule has 0 spiro atoms. The molecule has 1 amide bonds. The van der Waals surface area contributed by atoms with Crippen LogP contribution in [-0.2, 0) is 4.79 Å². The van der Waals surface area contributed by atoms with E-state index in [4.69, 9.17) is 11.6 Å². The molecule has 20 heavy (non-hydrogen) atoms. The van der Waals surface area contributed by atoms with Crippen LogP contribution in [0.15, 0.2) is 24.3 Å². The van der Waals surface area contributed by atoms with E-state index in [2.05, 4.69) is 26.0 Å². The van der Waals surface area contributed by atoms with Crippen LogP contribution in [0.1, 0.15) is 51.0 Å². The lowest BCUT2D eigenvalue weighted by molar-refractivity contribution is -0.133. The summed E-state index contributed by atoms with van der Waals surface area (Å²) >= 11 is 5.92. The van der Waals surface area contributed by atoms with Crippen LogP contribution >= 0.6 is 11.6 Å². The number of hydrogen-bond donors (Lipinski definition) is 0. The molecule has 1 aromatic rings. The number of benzene rings is 1. The Morgan fingerprint density at radius 3 is 2.45 bits per heavy atom. The van der Waals surface area contributed by atoms with Crippen LogP contribution in [0.2, 0.25) is 5.02 Å². The van der Waals surface area contributed by atoms with E-state index in [0.29, 0.717) is 24.2 Å². The number of carbonyl (C=O) groups is 1. The van der Waals surface area contributed by atoms with Gasteiger partial charge in [0.25, 0.3) is 0 Å². The topological polar surface area (TPSA) is 20.3 Å². The number of carbonyl (C=O) groups excluding carboxylic acids is 1. The minimum atomic E-state index is 0.328. The average Bonchev–Trinajstić information content (AvgIpc) is 2.48. The Balaban J connectivity index is 1.86. The van der Waals surface area contributed by atoms with Crippen LogP contribution in [0.25, 0.3) is 0 Å². The van der Waals surface area contributed by atoms with Crippen LogP contribution in [0.3, 0.4) is 0 Å². The maximum atomic E-state index is 12.2. The molecule has 3 heteroatoms. The predicted octanol–water partition coefficient (Wildman–Crippen LogP) is 4.48. The third kappa shape index (κ3) is 3.99. The lowest BCUT2D eigenvalue weighted by atomic mass is 9.89. The molecule has 1 fully saturated rings. The molecular formula is C17H24ClNO. The molecule has 0 unspecified atom stereocenters. The molecule has 0 radical (unpaired) electrons. The minimum absolute atomic E-state index is 0.328. The van der Waals surface area contributed by atoms with E-state index in [0.717, 1.165) is 37.4 Å². The quantitative estimate of drug-likeness (QED) is 0.801. The average molecular weight is 294 g/mol. The van der Waals surface area contributed by atoms with Crippen molar-refractivity contribution in [3.05, 3.63) is 34.9 Å². The number of likely N-dealkylation sites (tertiary alicyclic amines) is 1. The van der Waals surface area contributed by atoms with Crippen molar-refractivity contribution in [1.82, 2.24) is 4.90 Å². The largest absolute Gasteiger partial charge is 0.343 e. The van der Waals surface area contributed by atoms with Gasteiger partial charge in [0, 0.05) is 24.5 Å². The summed E-state index contributed by atoms with van der Waals surface area (Å²) in [6.45, 7) is 6.08. The van der Waals surface area contributed by atoms with Crippen molar-refractivity contribution in [2.45, 2.75) is 45.4 Å². The molecule has 1 saturated heterocycles. The highest BCUT2D eigenvalue weighted by Crippen LogP contribution is 2.29. The zero-order valence-electron chi connectivity index (χ0n) is 12.4. The lowest BCUT2D eigenvalue weighted by Gasteiger charge is -2.33. The molecule has 0 N–H and O–H groups in total. The first-order valence-electron chi connectivity index (χ1n) is 7.63. The maximum absolute atomic E-state index is 12.2. The Kier molecular flexibility index (Phi) is 5.47. The first-order chi connectivity index (χ1) is 9.60. The molecular weight excluding hydrogens is 270 g/mol. The second-order valence-corrected chi connectivity index (χ2v) is 6.36. The van der Waals surface area contributed by atoms with Crippen LogP contribution in [0, 0.1) is 5.92 Å². The number of piperidine rings is 1. The Bertz CT molecular complexity index is 435. The number of amides is 1. The number of halogens is 1. The summed E-state index contributed by atoms with van der Waals surface area (Å²) in [7, 11) is 0. The molecule has 0 saturated carbocycles. The molecule has 0 aliphatic carbocycles. The van der Waals surface area contributed by atoms with Gasteiger partial charge in [-0.1, -0.05) is 44.0 Å². The van der Waals surface area contributed by atoms with Gasteiger partial charge in [0.15, 0.2) is 0 Å². The van der Waals surface area contributed by atoms with Gasteiger partial charge in [0.1, 0.15) is 0 Å². The van der Waals surface area contributed by atoms with E-state index in [9.17, 15) is 4.79 Å². The summed E-state index contributed by atoms with van der Waals surface area (Å²) in [5.74, 6) is 1.39. The van der Waals surface area contributed by atoms with E-state index >= 15 is 0 Å². The van der Waals surface area contributed by atoms with Crippen molar-refractivity contribution in [1.29, 1.82) is 0 Å². The summed E-state index contributed by atoms with van der Waals surface area (Å²) in [6, 6.07) is 8.14. The minimum Gasteiger partial charge on any atom is -0.343 e. The van der Waals surface area contributed by atoms with E-state index in [1.807, 2.05) is 17.0 Å². The summed E-state index contributed by atoms with van der Waals surface area (Å²) in [6.07, 6.45) is 3.90. The molecule has 1 aromatic carbocycles. The van der Waals surface area contributed by atoms with Gasteiger partial charge in [0.05, 0.1) is 0 Å². The van der Waals surface area contributed by atoms with E-state index in [1.54, 1.807) is 0 Å². The van der Waals surface area contributed by atoms with E-state index in [-0.39, 0.29) is 0 Å². The molecule has 1 heterocycles. The van der Waals surface area contributed by atoms with Gasteiger partial charge in [-0.25, -0.2) is 0 Å². The first-order valence-corrected chi connectivity index (χ1v) is 8.01. The SMILES string of the molecule is CC[C@@H](C)CC(=O)N1CCC(c2ccc(Cl)cc2)CC1. The summed E-state index contributed by atoms with van der Waals surface area (Å²) in [5.41, 5.74) is 1.35. The Morgan fingerprint density at radius 2 is 1.90 bits per heavy atom. The highest BCUT2D eigenvalue weighted by molar-refractivity contribution is 6.30. The van der Waals surface area contributed by atoms with Gasteiger partial charge >= 0.3 is 0 Å². The zero-order valence-corrected chi connectivity index (χ0v) is 13.2. The second-order valence-electron chi connectivity index (χ2n) is 5.92. The Morgan fingerprint density at radius 1 is 1.30 bits per heavy atom. The van der Waals surface area contributed by atoms with Crippen LogP contribution in [-0.4, -0.2) is 23.9 Å². The molecule has 1 atom stereocenters. The normalized spacial score (nSPS) is 18.1. The number of nitrogens with zero attached hydrogens (tertiary/aromatic N) is 1. The predicted molar refractivity (Wildman–Crippen MR) is 84.1 cm³/mol. The zero-order chi connectivity index (χ0) is 14.5. The lowest BCUT2D eigenvalue weighted by Crippen LogP contribution is -2.38. The first kappa shape index (κ1) is 15.4. The van der Waals surface area contributed by atoms with E-state index < -0.39 is 0 Å². The number of rotatable bonds is 4. The van der Waals surface area contributed by atoms with E-state index in [1.165, 1.54) is 5.56 Å². The molecule has 110 valence electrons. The summed E-state index contributed by atoms with van der Waals surface area (Å²) in [4.78, 5) is 14.2. The highest BCUT2D eigenvalue weighted by atomic mass is 35.5. The van der Waals surface area contributed by atoms with Gasteiger partial charge in [-0.3, -0.25) is 4.79 Å². The summed E-state index contributed by atoms with van der Waals surface area (Å²) in [5, 5.41) is 0.787. The van der Waals surface area contributed by atoms with Gasteiger partial charge in [-0.15, -0.1) is 0 Å². The van der Waals surface area contributed by atoms with Crippen molar-refractivity contribution < 1.29 is 4.79 Å². The van der Waals surface area contributed by atoms with Gasteiger partial charge < -0.3 is 4.90 Å². The van der Waals surface area contributed by atoms with Crippen LogP contribution < -0.4 is 0 Å². The summed E-state index contributed by atoms with van der Waals surface area (Å²) < 4.78 is 0. The van der Waals surface area contributed by atoms with Crippen molar-refractivity contribution in [3.8, 4) is 0 Å². The van der Waals surface area contributed by atoms with Crippen molar-refractivity contribution in [2.75, 3.05) is 13.1 Å². The molecule has 2 nitrogen and oxygen atoms in total. The molecule has 2 rings (SSSR count). The van der Waals surface area contributed by atoms with Gasteiger partial charge in [-0.2, -0.15) is 0 Å². The Labute approximate surface area is 127 Å². The van der Waals surface area contributed by atoms with Crippen molar-refractivity contribution in [3.63, 3.8) is 0 Å². The monoisotopic (exact) mass is 293 g/mol. The maximum Gasteiger partial charge on any atom is 0.222 e. The van der Waals surface area contributed by atoms with Crippen molar-refractivity contribution >= 4 is 17.5 Å². The van der Waals surface area contributed by atoms with Crippen molar-refractivity contribution in [2.24, 2.45) is 5.92 Å². The van der Waals surface area contributed by atoms with Gasteiger partial charge in [-0.05, 0) is 42.4 Å². The fourth-order valence-corrected chi connectivity index (χ4v) is 2.89. The Hall–Kier alpha value is -1.02. The van der Waals surface area contributed by atoms with Crippen LogP contribution in [0.5, 0.6) is 0 Å². The third-order valence-electron chi connectivity index (χ3n) is 4.41.